The highest BCUT2D eigenvalue weighted by molar-refractivity contribution is 7.89. The quantitative estimate of drug-likeness (QED) is 0.313. The summed E-state index contributed by atoms with van der Waals surface area (Å²) in [7, 11) is -4.21. The fourth-order valence-corrected chi connectivity index (χ4v) is 2.49. The topological polar surface area (TPSA) is 142 Å². The number of anilines is 1. The predicted octanol–water partition coefficient (Wildman–Crippen LogP) is 0.997. The number of hydrogen-bond acceptors (Lipinski definition) is 7. The maximum absolute atomic E-state index is 11.4. The van der Waals surface area contributed by atoms with Crippen LogP contribution in [-0.2, 0) is 19.6 Å². The average molecular weight is 331 g/mol. The van der Waals surface area contributed by atoms with Crippen molar-refractivity contribution < 1.29 is 22.9 Å². The molecule has 0 atom stereocenters. The van der Waals surface area contributed by atoms with E-state index in [1.165, 1.54) is 12.1 Å². The van der Waals surface area contributed by atoms with Gasteiger partial charge in [-0.1, -0.05) is 6.07 Å². The van der Waals surface area contributed by atoms with Gasteiger partial charge in [-0.05, 0) is 25.5 Å². The van der Waals surface area contributed by atoms with Crippen LogP contribution in [-0.4, -0.2) is 32.5 Å². The van der Waals surface area contributed by atoms with Crippen molar-refractivity contribution in [1.29, 1.82) is 0 Å². The first-order chi connectivity index (χ1) is 10.3. The highest BCUT2D eigenvalue weighted by atomic mass is 32.2. The molecule has 122 valence electrons. The molecular formula is C12H17N3O6S. The third kappa shape index (κ3) is 4.97. The van der Waals surface area contributed by atoms with Crippen molar-refractivity contribution in [2.24, 2.45) is 5.14 Å². The van der Waals surface area contributed by atoms with Crippen molar-refractivity contribution in [2.45, 2.75) is 24.7 Å². The van der Waals surface area contributed by atoms with Crippen LogP contribution in [0.25, 0.3) is 0 Å². The molecule has 10 heteroatoms. The summed E-state index contributed by atoms with van der Waals surface area (Å²) in [6.45, 7) is 2.22. The summed E-state index contributed by atoms with van der Waals surface area (Å²) >= 11 is 0. The van der Waals surface area contributed by atoms with Crippen LogP contribution in [0.1, 0.15) is 19.8 Å². The van der Waals surface area contributed by atoms with E-state index in [1.54, 1.807) is 6.92 Å². The normalized spacial score (nSPS) is 11.0. The summed E-state index contributed by atoms with van der Waals surface area (Å²) in [6, 6.07) is 3.79. The number of carbonyl (C=O) groups excluding carboxylic acids is 1. The van der Waals surface area contributed by atoms with Gasteiger partial charge in [-0.15, -0.1) is 0 Å². The first-order valence-electron chi connectivity index (χ1n) is 6.47. The number of primary sulfonamides is 1. The first kappa shape index (κ1) is 17.9. The van der Waals surface area contributed by atoms with Crippen molar-refractivity contribution in [3.05, 3.63) is 28.3 Å². The van der Waals surface area contributed by atoms with Gasteiger partial charge >= 0.3 is 11.7 Å². The zero-order valence-electron chi connectivity index (χ0n) is 11.9. The molecule has 0 radical (unpaired) electrons. The summed E-state index contributed by atoms with van der Waals surface area (Å²) < 4.78 is 27.5. The van der Waals surface area contributed by atoms with Crippen molar-refractivity contribution in [3.8, 4) is 0 Å². The molecule has 0 aliphatic rings. The summed E-state index contributed by atoms with van der Waals surface area (Å²) in [5.41, 5.74) is -0.582. The second kappa shape index (κ2) is 7.71. The minimum Gasteiger partial charge on any atom is -0.466 e. The zero-order valence-corrected chi connectivity index (χ0v) is 12.8. The van der Waals surface area contributed by atoms with Crippen LogP contribution in [0.3, 0.4) is 0 Å². The van der Waals surface area contributed by atoms with Gasteiger partial charge in [-0.2, -0.15) is 0 Å². The minimum absolute atomic E-state index is 0.0281. The average Bonchev–Trinajstić information content (AvgIpc) is 2.42. The van der Waals surface area contributed by atoms with Gasteiger partial charge in [0.2, 0.25) is 10.0 Å². The number of rotatable bonds is 8. The SMILES string of the molecule is CCOC(=O)CCCNc1cccc(S(N)(=O)=O)c1[N+](=O)[O-]. The number of nitrogens with one attached hydrogen (secondary N) is 1. The molecule has 0 bridgehead atoms. The van der Waals surface area contributed by atoms with E-state index in [1.807, 2.05) is 0 Å². The number of nitro groups is 1. The van der Waals surface area contributed by atoms with Crippen molar-refractivity contribution in [1.82, 2.24) is 0 Å². The lowest BCUT2D eigenvalue weighted by Crippen LogP contribution is -2.16. The number of nitrogens with two attached hydrogens (primary N) is 1. The van der Waals surface area contributed by atoms with Gasteiger partial charge in [0.1, 0.15) is 5.69 Å². The maximum Gasteiger partial charge on any atom is 0.312 e. The number of benzene rings is 1. The van der Waals surface area contributed by atoms with E-state index in [0.29, 0.717) is 6.42 Å². The maximum atomic E-state index is 11.4. The third-order valence-corrected chi connectivity index (χ3v) is 3.61. The Morgan fingerprint density at radius 1 is 1.45 bits per heavy atom. The lowest BCUT2D eigenvalue weighted by atomic mass is 10.2. The largest absolute Gasteiger partial charge is 0.466 e. The third-order valence-electron chi connectivity index (χ3n) is 2.67. The minimum atomic E-state index is -4.21. The van der Waals surface area contributed by atoms with Gasteiger partial charge in [0.15, 0.2) is 4.90 Å². The van der Waals surface area contributed by atoms with Gasteiger partial charge in [0, 0.05) is 13.0 Å². The Morgan fingerprint density at radius 2 is 2.14 bits per heavy atom. The Hall–Kier alpha value is -2.20. The summed E-state index contributed by atoms with van der Waals surface area (Å²) in [5.74, 6) is -0.364. The number of nitrogens with zero attached hydrogens (tertiary/aromatic N) is 1. The number of para-hydroxylation sites is 1. The molecule has 1 aromatic rings. The second-order valence-corrected chi connectivity index (χ2v) is 5.82. The highest BCUT2D eigenvalue weighted by Crippen LogP contribution is 2.31. The standard InChI is InChI=1S/C12H17N3O6S/c1-2-21-11(16)7-4-8-14-9-5-3-6-10(22(13,19)20)12(9)15(17)18/h3,5-6,14H,2,4,7-8H2,1H3,(H2,13,19,20). The lowest BCUT2D eigenvalue weighted by molar-refractivity contribution is -0.386. The lowest BCUT2D eigenvalue weighted by Gasteiger charge is -2.09. The molecule has 0 saturated carbocycles. The number of nitro benzene ring substituents is 1. The Morgan fingerprint density at radius 3 is 2.68 bits per heavy atom. The van der Waals surface area contributed by atoms with Crippen LogP contribution in [0.15, 0.2) is 23.1 Å². The van der Waals surface area contributed by atoms with Gasteiger partial charge in [-0.25, -0.2) is 13.6 Å². The molecule has 22 heavy (non-hydrogen) atoms. The number of hydrogen-bond donors (Lipinski definition) is 2. The van der Waals surface area contributed by atoms with Crippen LogP contribution < -0.4 is 10.5 Å². The number of esters is 1. The highest BCUT2D eigenvalue weighted by Gasteiger charge is 2.26. The number of carbonyl (C=O) groups is 1. The molecule has 0 saturated heterocycles. The van der Waals surface area contributed by atoms with Crippen molar-refractivity contribution in [2.75, 3.05) is 18.5 Å². The smallest absolute Gasteiger partial charge is 0.312 e. The van der Waals surface area contributed by atoms with E-state index in [4.69, 9.17) is 9.88 Å². The second-order valence-electron chi connectivity index (χ2n) is 4.29. The molecule has 1 aromatic carbocycles. The summed E-state index contributed by atoms with van der Waals surface area (Å²) in [4.78, 5) is 20.9. The molecule has 0 aliphatic carbocycles. The van der Waals surface area contributed by atoms with E-state index in [2.05, 4.69) is 5.32 Å². The molecule has 0 aliphatic heterocycles. The van der Waals surface area contributed by atoms with Gasteiger partial charge < -0.3 is 10.1 Å². The Labute approximate surface area is 127 Å². The molecule has 0 aromatic heterocycles. The zero-order chi connectivity index (χ0) is 16.8. The van der Waals surface area contributed by atoms with Crippen LogP contribution in [0.4, 0.5) is 11.4 Å². The van der Waals surface area contributed by atoms with E-state index in [-0.39, 0.29) is 31.2 Å². The van der Waals surface area contributed by atoms with Crippen molar-refractivity contribution >= 4 is 27.4 Å². The molecule has 0 fully saturated rings. The molecule has 0 spiro atoms. The molecule has 1 rings (SSSR count). The van der Waals surface area contributed by atoms with Gasteiger partial charge in [0.05, 0.1) is 11.5 Å². The first-order valence-corrected chi connectivity index (χ1v) is 8.01. The molecule has 0 unspecified atom stereocenters. The molecular weight excluding hydrogens is 314 g/mol. The molecule has 9 nitrogen and oxygen atoms in total. The Balaban J connectivity index is 2.83. The molecule has 0 amide bonds. The Kier molecular flexibility index (Phi) is 6.25. The fourth-order valence-electron chi connectivity index (χ4n) is 1.77. The van der Waals surface area contributed by atoms with Gasteiger partial charge in [0.25, 0.3) is 0 Å². The summed E-state index contributed by atoms with van der Waals surface area (Å²) in [6.07, 6.45) is 0.541. The number of sulfonamides is 1. The molecule has 0 heterocycles. The fraction of sp³-hybridized carbons (Fsp3) is 0.417. The van der Waals surface area contributed by atoms with E-state index >= 15 is 0 Å². The molecule has 3 N–H and O–H groups in total. The van der Waals surface area contributed by atoms with E-state index in [0.717, 1.165) is 6.07 Å². The monoisotopic (exact) mass is 331 g/mol. The Bertz CT molecular complexity index is 659. The predicted molar refractivity (Wildman–Crippen MR) is 78.8 cm³/mol. The summed E-state index contributed by atoms with van der Waals surface area (Å²) in [5, 5.41) is 18.8. The van der Waals surface area contributed by atoms with Crippen LogP contribution >= 0.6 is 0 Å². The number of ether oxygens (including phenoxy) is 1. The van der Waals surface area contributed by atoms with Crippen molar-refractivity contribution in [3.63, 3.8) is 0 Å². The van der Waals surface area contributed by atoms with Crippen LogP contribution in [0.5, 0.6) is 0 Å². The van der Waals surface area contributed by atoms with Gasteiger partial charge in [-0.3, -0.25) is 14.9 Å². The van der Waals surface area contributed by atoms with Crippen LogP contribution in [0, 0.1) is 10.1 Å². The van der Waals surface area contributed by atoms with E-state index in [9.17, 15) is 23.3 Å². The van der Waals surface area contributed by atoms with E-state index < -0.39 is 25.5 Å². The van der Waals surface area contributed by atoms with Crippen LogP contribution in [0.2, 0.25) is 0 Å².